The van der Waals surface area contributed by atoms with Gasteiger partial charge in [-0.2, -0.15) is 5.26 Å². The van der Waals surface area contributed by atoms with Crippen molar-refractivity contribution in [2.75, 3.05) is 11.9 Å². The van der Waals surface area contributed by atoms with Gasteiger partial charge in [0.15, 0.2) is 0 Å². The fourth-order valence-corrected chi connectivity index (χ4v) is 4.25. The summed E-state index contributed by atoms with van der Waals surface area (Å²) in [4.78, 5) is 27.9. The minimum Gasteiger partial charge on any atom is -0.343 e. The van der Waals surface area contributed by atoms with Crippen LogP contribution in [-0.2, 0) is 22.6 Å². The van der Waals surface area contributed by atoms with E-state index in [0.717, 1.165) is 27.6 Å². The first-order chi connectivity index (χ1) is 15.5. The quantitative estimate of drug-likeness (QED) is 0.605. The Kier molecular flexibility index (Phi) is 7.70. The molecule has 0 radical (unpaired) electrons. The summed E-state index contributed by atoms with van der Waals surface area (Å²) in [6.07, 6.45) is 1.23. The maximum Gasteiger partial charge on any atom is 0.249 e. The van der Waals surface area contributed by atoms with Crippen LogP contribution in [0.15, 0.2) is 60.7 Å². The van der Waals surface area contributed by atoms with Gasteiger partial charge in [-0.05, 0) is 55.5 Å². The number of halogens is 1. The van der Waals surface area contributed by atoms with Crippen molar-refractivity contribution in [3.05, 3.63) is 77.4 Å². The van der Waals surface area contributed by atoms with Crippen LogP contribution in [-0.4, -0.2) is 30.9 Å². The first kappa shape index (κ1) is 24.2. The van der Waals surface area contributed by atoms with Crippen LogP contribution < -0.4 is 15.5 Å². The third-order valence-corrected chi connectivity index (χ3v) is 6.13. The number of carbonyl (C=O) groups is 2. The minimum absolute atomic E-state index is 0. The number of hydrogen-bond donors (Lipinski definition) is 2. The lowest BCUT2D eigenvalue weighted by molar-refractivity contribution is -0.128. The average Bonchev–Trinajstić information content (AvgIpc) is 2.95. The Hall–Kier alpha value is -3.40. The van der Waals surface area contributed by atoms with Gasteiger partial charge in [0.2, 0.25) is 11.8 Å². The summed E-state index contributed by atoms with van der Waals surface area (Å²) >= 11 is 0. The molecule has 6 nitrogen and oxygen atoms in total. The molecule has 1 aliphatic heterocycles. The molecular weight excluding hydrogens is 436 g/mol. The van der Waals surface area contributed by atoms with Crippen LogP contribution in [0.25, 0.3) is 10.8 Å². The number of rotatable bonds is 5. The molecule has 170 valence electrons. The van der Waals surface area contributed by atoms with E-state index in [1.165, 1.54) is 0 Å². The van der Waals surface area contributed by atoms with Crippen molar-refractivity contribution >= 4 is 40.7 Å². The lowest BCUT2D eigenvalue weighted by atomic mass is 9.99. The van der Waals surface area contributed by atoms with E-state index in [1.807, 2.05) is 54.6 Å². The summed E-state index contributed by atoms with van der Waals surface area (Å²) in [5.41, 5.74) is 3.40. The normalized spacial score (nSPS) is 16.2. The molecule has 3 aromatic carbocycles. The highest BCUT2D eigenvalue weighted by Gasteiger charge is 2.32. The standard InChI is InChI=1S/C26H26N4O2.ClH/c1-17(28-2)25(31)29-22-14-13-18-7-3-4-12-23(18)30(26(22)32)16-21-11-6-9-19-8-5-10-20(15-27)24(19)21;/h3-12,17,22,28H,13-14,16H2,1-2H3,(H,29,31);1H. The van der Waals surface area contributed by atoms with Gasteiger partial charge in [-0.25, -0.2) is 0 Å². The third kappa shape index (κ3) is 4.85. The molecule has 3 aromatic rings. The fourth-order valence-electron chi connectivity index (χ4n) is 4.25. The number of anilines is 1. The molecule has 1 heterocycles. The van der Waals surface area contributed by atoms with Crippen LogP contribution in [0.1, 0.15) is 30.0 Å². The number of amides is 2. The summed E-state index contributed by atoms with van der Waals surface area (Å²) < 4.78 is 0. The molecule has 0 saturated heterocycles. The molecule has 2 amide bonds. The zero-order valence-electron chi connectivity index (χ0n) is 18.7. The van der Waals surface area contributed by atoms with E-state index in [2.05, 4.69) is 16.7 Å². The van der Waals surface area contributed by atoms with E-state index in [-0.39, 0.29) is 24.2 Å². The number of hydrogen-bond acceptors (Lipinski definition) is 4. The molecular formula is C26H27ClN4O2. The number of nitriles is 1. The van der Waals surface area contributed by atoms with E-state index in [0.29, 0.717) is 24.9 Å². The zero-order chi connectivity index (χ0) is 22.7. The largest absolute Gasteiger partial charge is 0.343 e. The SMILES string of the molecule is CNC(C)C(=O)NC1CCc2ccccc2N(Cc2cccc3cccc(C#N)c23)C1=O.Cl. The van der Waals surface area contributed by atoms with Gasteiger partial charge in [-0.3, -0.25) is 9.59 Å². The van der Waals surface area contributed by atoms with Crippen molar-refractivity contribution in [1.82, 2.24) is 10.6 Å². The summed E-state index contributed by atoms with van der Waals surface area (Å²) in [6, 6.07) is 20.6. The van der Waals surface area contributed by atoms with Crippen molar-refractivity contribution in [2.45, 2.75) is 38.4 Å². The first-order valence-corrected chi connectivity index (χ1v) is 10.8. The Balaban J connectivity index is 0.00000306. The molecule has 0 aromatic heterocycles. The van der Waals surface area contributed by atoms with E-state index in [4.69, 9.17) is 0 Å². The maximum absolute atomic E-state index is 13.7. The highest BCUT2D eigenvalue weighted by Crippen LogP contribution is 2.31. The smallest absolute Gasteiger partial charge is 0.249 e. The van der Waals surface area contributed by atoms with E-state index in [9.17, 15) is 14.9 Å². The number of nitrogens with zero attached hydrogens (tertiary/aromatic N) is 2. The number of nitrogens with one attached hydrogen (secondary N) is 2. The van der Waals surface area contributed by atoms with Gasteiger partial charge < -0.3 is 15.5 Å². The number of carbonyl (C=O) groups excluding carboxylic acids is 2. The Bertz CT molecular complexity index is 1220. The summed E-state index contributed by atoms with van der Waals surface area (Å²) in [5, 5.41) is 17.3. The molecule has 1 aliphatic rings. The summed E-state index contributed by atoms with van der Waals surface area (Å²) in [5.74, 6) is -0.341. The maximum atomic E-state index is 13.7. The third-order valence-electron chi connectivity index (χ3n) is 6.13. The second-order valence-electron chi connectivity index (χ2n) is 8.10. The molecule has 33 heavy (non-hydrogen) atoms. The van der Waals surface area contributed by atoms with Crippen molar-refractivity contribution in [1.29, 1.82) is 5.26 Å². The van der Waals surface area contributed by atoms with Crippen molar-refractivity contribution in [3.63, 3.8) is 0 Å². The second kappa shape index (κ2) is 10.5. The Labute approximate surface area is 200 Å². The van der Waals surface area contributed by atoms with Crippen LogP contribution in [0.3, 0.4) is 0 Å². The number of fused-ring (bicyclic) bond motifs is 2. The van der Waals surface area contributed by atoms with Gasteiger partial charge in [0, 0.05) is 11.1 Å². The van der Waals surface area contributed by atoms with Crippen molar-refractivity contribution in [3.8, 4) is 6.07 Å². The topological polar surface area (TPSA) is 85.2 Å². The molecule has 7 heteroatoms. The van der Waals surface area contributed by atoms with Crippen molar-refractivity contribution in [2.24, 2.45) is 0 Å². The van der Waals surface area contributed by atoms with E-state index in [1.54, 1.807) is 24.9 Å². The predicted molar refractivity (Wildman–Crippen MR) is 132 cm³/mol. The fraction of sp³-hybridized carbons (Fsp3) is 0.269. The van der Waals surface area contributed by atoms with Crippen LogP contribution in [0.4, 0.5) is 5.69 Å². The number of likely N-dealkylation sites (N-methyl/N-ethyl adjacent to an activating group) is 1. The number of para-hydroxylation sites is 1. The van der Waals surface area contributed by atoms with Gasteiger partial charge in [0.1, 0.15) is 6.04 Å². The Morgan fingerprint density at radius 1 is 1.15 bits per heavy atom. The number of aryl methyl sites for hydroxylation is 1. The zero-order valence-corrected chi connectivity index (χ0v) is 19.5. The average molecular weight is 463 g/mol. The van der Waals surface area contributed by atoms with Gasteiger partial charge in [0.05, 0.1) is 24.2 Å². The van der Waals surface area contributed by atoms with Gasteiger partial charge in [0.25, 0.3) is 0 Å². The molecule has 4 rings (SSSR count). The molecule has 2 unspecified atom stereocenters. The Morgan fingerprint density at radius 3 is 2.61 bits per heavy atom. The second-order valence-corrected chi connectivity index (χ2v) is 8.10. The highest BCUT2D eigenvalue weighted by atomic mass is 35.5. The van der Waals surface area contributed by atoms with Crippen LogP contribution in [0.5, 0.6) is 0 Å². The van der Waals surface area contributed by atoms with Gasteiger partial charge in [-0.15, -0.1) is 12.4 Å². The monoisotopic (exact) mass is 462 g/mol. The molecule has 0 fully saturated rings. The van der Waals surface area contributed by atoms with Crippen LogP contribution >= 0.6 is 12.4 Å². The predicted octanol–water partition coefficient (Wildman–Crippen LogP) is 3.71. The van der Waals surface area contributed by atoms with E-state index < -0.39 is 12.1 Å². The molecule has 2 atom stereocenters. The minimum atomic E-state index is -0.615. The van der Waals surface area contributed by atoms with Crippen LogP contribution in [0, 0.1) is 11.3 Å². The van der Waals surface area contributed by atoms with Crippen molar-refractivity contribution < 1.29 is 9.59 Å². The van der Waals surface area contributed by atoms with Gasteiger partial charge in [-0.1, -0.05) is 48.5 Å². The summed E-state index contributed by atoms with van der Waals surface area (Å²) in [7, 11) is 1.72. The first-order valence-electron chi connectivity index (χ1n) is 10.8. The Morgan fingerprint density at radius 2 is 1.88 bits per heavy atom. The molecule has 2 N–H and O–H groups in total. The van der Waals surface area contributed by atoms with Gasteiger partial charge >= 0.3 is 0 Å². The van der Waals surface area contributed by atoms with E-state index >= 15 is 0 Å². The number of benzene rings is 3. The summed E-state index contributed by atoms with van der Waals surface area (Å²) in [6.45, 7) is 2.09. The molecule has 0 spiro atoms. The lowest BCUT2D eigenvalue weighted by Crippen LogP contribution is -2.52. The molecule has 0 aliphatic carbocycles. The van der Waals surface area contributed by atoms with Crippen LogP contribution in [0.2, 0.25) is 0 Å². The molecule has 0 bridgehead atoms. The molecule has 0 saturated carbocycles. The lowest BCUT2D eigenvalue weighted by Gasteiger charge is -2.27. The highest BCUT2D eigenvalue weighted by molar-refractivity contribution is 6.01.